The van der Waals surface area contributed by atoms with Gasteiger partial charge in [-0.3, -0.25) is 30.2 Å². The van der Waals surface area contributed by atoms with E-state index in [1.165, 1.54) is 24.3 Å². The molecule has 0 atom stereocenters. The van der Waals surface area contributed by atoms with Crippen LogP contribution in [-0.2, 0) is 0 Å². The van der Waals surface area contributed by atoms with Crippen LogP contribution < -0.4 is 0 Å². The average molecular weight is 450 g/mol. The zero-order valence-corrected chi connectivity index (χ0v) is 17.8. The van der Waals surface area contributed by atoms with Gasteiger partial charge in [-0.2, -0.15) is 0 Å². The molecule has 0 bridgehead atoms. The molecule has 8 heteroatoms. The summed E-state index contributed by atoms with van der Waals surface area (Å²) in [5.74, 6) is 0. The van der Waals surface area contributed by atoms with Gasteiger partial charge in [-0.1, -0.05) is 60.7 Å². The number of nitro benzene ring substituents is 2. The molecule has 0 aliphatic carbocycles. The molecule has 0 radical (unpaired) electrons. The van der Waals surface area contributed by atoms with Gasteiger partial charge in [0.25, 0.3) is 11.4 Å². The van der Waals surface area contributed by atoms with E-state index in [9.17, 15) is 20.2 Å². The van der Waals surface area contributed by atoms with Gasteiger partial charge in [-0.25, -0.2) is 0 Å². The highest BCUT2D eigenvalue weighted by Crippen LogP contribution is 2.36. The highest BCUT2D eigenvalue weighted by atomic mass is 16.6. The molecule has 0 amide bonds. The lowest BCUT2D eigenvalue weighted by molar-refractivity contribution is -0.385. The lowest BCUT2D eigenvalue weighted by Gasteiger charge is -2.09. The number of aliphatic imine (C=N–C) groups is 2. The molecule has 0 aliphatic heterocycles. The van der Waals surface area contributed by atoms with E-state index in [1.54, 1.807) is 36.7 Å². The fourth-order valence-corrected chi connectivity index (χ4v) is 3.35. The molecule has 0 aliphatic rings. The number of rotatable bonds is 7. The van der Waals surface area contributed by atoms with E-state index in [4.69, 9.17) is 0 Å². The normalized spacial score (nSPS) is 11.2. The Morgan fingerprint density at radius 3 is 1.38 bits per heavy atom. The third-order valence-electron chi connectivity index (χ3n) is 4.97. The van der Waals surface area contributed by atoms with Crippen molar-refractivity contribution in [3.63, 3.8) is 0 Å². The summed E-state index contributed by atoms with van der Waals surface area (Å²) in [5.41, 5.74) is 4.23. The second-order valence-corrected chi connectivity index (χ2v) is 7.25. The van der Waals surface area contributed by atoms with Gasteiger partial charge in [0, 0.05) is 47.8 Å². The molecule has 0 N–H and O–H groups in total. The van der Waals surface area contributed by atoms with Gasteiger partial charge < -0.3 is 0 Å². The third-order valence-corrected chi connectivity index (χ3v) is 4.97. The van der Waals surface area contributed by atoms with Crippen LogP contribution in [0.15, 0.2) is 107 Å². The lowest BCUT2D eigenvalue weighted by atomic mass is 10.0. The van der Waals surface area contributed by atoms with E-state index in [0.717, 1.165) is 11.1 Å². The molecule has 0 saturated carbocycles. The van der Waals surface area contributed by atoms with Crippen LogP contribution in [0.25, 0.3) is 11.1 Å². The molecule has 4 aromatic carbocycles. The molecule has 0 spiro atoms. The second kappa shape index (κ2) is 10.1. The Morgan fingerprint density at radius 2 is 0.971 bits per heavy atom. The van der Waals surface area contributed by atoms with Crippen LogP contribution in [0, 0.1) is 20.2 Å². The Labute approximate surface area is 194 Å². The van der Waals surface area contributed by atoms with Gasteiger partial charge in [0.15, 0.2) is 0 Å². The van der Waals surface area contributed by atoms with E-state index in [1.807, 2.05) is 48.5 Å². The maximum absolute atomic E-state index is 11.0. The Balaban J connectivity index is 1.68. The summed E-state index contributed by atoms with van der Waals surface area (Å²) < 4.78 is 0. The SMILES string of the molecule is O=[N+]([O-])c1cccc(C=Nc2ccccc2-c2ccccc2N=Cc2cccc([N+](=O)[O-])c2)c1. The van der Waals surface area contributed by atoms with Crippen LogP contribution in [-0.4, -0.2) is 22.3 Å². The van der Waals surface area contributed by atoms with E-state index in [2.05, 4.69) is 9.98 Å². The molecule has 4 aromatic rings. The highest BCUT2D eigenvalue weighted by Gasteiger charge is 2.09. The van der Waals surface area contributed by atoms with Crippen molar-refractivity contribution in [1.82, 2.24) is 0 Å². The van der Waals surface area contributed by atoms with Gasteiger partial charge in [0.05, 0.1) is 21.2 Å². The number of nitro groups is 2. The van der Waals surface area contributed by atoms with E-state index in [-0.39, 0.29) is 11.4 Å². The van der Waals surface area contributed by atoms with Gasteiger partial charge in [-0.05, 0) is 23.3 Å². The molecule has 8 nitrogen and oxygen atoms in total. The quantitative estimate of drug-likeness (QED) is 0.178. The number of hydrogen-bond donors (Lipinski definition) is 0. The number of hydrogen-bond acceptors (Lipinski definition) is 6. The first-order valence-corrected chi connectivity index (χ1v) is 10.3. The summed E-state index contributed by atoms with van der Waals surface area (Å²) in [6, 6.07) is 27.6. The average Bonchev–Trinajstić information content (AvgIpc) is 2.87. The molecule has 0 saturated heterocycles. The van der Waals surface area contributed by atoms with Crippen molar-refractivity contribution < 1.29 is 9.85 Å². The van der Waals surface area contributed by atoms with Crippen LogP contribution in [0.5, 0.6) is 0 Å². The predicted octanol–water partition coefficient (Wildman–Crippen LogP) is 6.67. The van der Waals surface area contributed by atoms with E-state index >= 15 is 0 Å². The van der Waals surface area contributed by atoms with Crippen molar-refractivity contribution in [1.29, 1.82) is 0 Å². The zero-order valence-electron chi connectivity index (χ0n) is 17.8. The smallest absolute Gasteiger partial charge is 0.258 e. The van der Waals surface area contributed by atoms with Crippen molar-refractivity contribution in [2.24, 2.45) is 9.98 Å². The summed E-state index contributed by atoms with van der Waals surface area (Å²) in [5, 5.41) is 22.1. The minimum absolute atomic E-state index is 0.00179. The molecular formula is C26H18N4O4. The first-order chi connectivity index (χ1) is 16.5. The van der Waals surface area contributed by atoms with Gasteiger partial charge in [-0.15, -0.1) is 0 Å². The Hall–Kier alpha value is -4.98. The van der Waals surface area contributed by atoms with Crippen LogP contribution in [0.2, 0.25) is 0 Å². The predicted molar refractivity (Wildman–Crippen MR) is 133 cm³/mol. The van der Waals surface area contributed by atoms with Gasteiger partial charge in [0.1, 0.15) is 0 Å². The summed E-state index contributed by atoms with van der Waals surface area (Å²) in [6.45, 7) is 0. The van der Waals surface area contributed by atoms with Gasteiger partial charge in [0.2, 0.25) is 0 Å². The molecule has 0 aromatic heterocycles. The minimum atomic E-state index is -0.444. The molecule has 166 valence electrons. The number of nitrogens with zero attached hydrogens (tertiary/aromatic N) is 4. The van der Waals surface area contributed by atoms with Crippen molar-refractivity contribution in [2.75, 3.05) is 0 Å². The highest BCUT2D eigenvalue weighted by molar-refractivity contribution is 5.91. The molecule has 0 fully saturated rings. The molecule has 0 heterocycles. The number of benzene rings is 4. The first-order valence-electron chi connectivity index (χ1n) is 10.3. The fraction of sp³-hybridized carbons (Fsp3) is 0. The Bertz CT molecular complexity index is 1320. The minimum Gasteiger partial charge on any atom is -0.258 e. The number of para-hydroxylation sites is 2. The van der Waals surface area contributed by atoms with Crippen molar-refractivity contribution >= 4 is 35.2 Å². The fourth-order valence-electron chi connectivity index (χ4n) is 3.35. The largest absolute Gasteiger partial charge is 0.270 e. The molecule has 34 heavy (non-hydrogen) atoms. The zero-order chi connectivity index (χ0) is 23.9. The summed E-state index contributed by atoms with van der Waals surface area (Å²) in [6.07, 6.45) is 3.17. The molecule has 4 rings (SSSR count). The Kier molecular flexibility index (Phi) is 6.60. The van der Waals surface area contributed by atoms with Crippen LogP contribution >= 0.6 is 0 Å². The topological polar surface area (TPSA) is 111 Å². The first kappa shape index (κ1) is 22.2. The van der Waals surface area contributed by atoms with Crippen LogP contribution in [0.3, 0.4) is 0 Å². The standard InChI is InChI=1S/C26H18N4O4/c31-29(32)21-9-5-7-19(15-21)17-27-25-13-3-1-11-23(25)24-12-2-4-14-26(24)28-18-20-8-6-10-22(16-20)30(33)34/h1-18H. The Morgan fingerprint density at radius 1 is 0.559 bits per heavy atom. The second-order valence-electron chi connectivity index (χ2n) is 7.25. The monoisotopic (exact) mass is 450 g/mol. The molecule has 0 unspecified atom stereocenters. The van der Waals surface area contributed by atoms with Crippen molar-refractivity contribution in [3.05, 3.63) is 128 Å². The maximum atomic E-state index is 11.0. The summed E-state index contributed by atoms with van der Waals surface area (Å²) in [4.78, 5) is 30.3. The number of non-ortho nitro benzene ring substituents is 2. The lowest BCUT2D eigenvalue weighted by Crippen LogP contribution is -1.90. The summed E-state index contributed by atoms with van der Waals surface area (Å²) >= 11 is 0. The van der Waals surface area contributed by atoms with E-state index < -0.39 is 9.85 Å². The molecular weight excluding hydrogens is 432 g/mol. The van der Waals surface area contributed by atoms with Crippen molar-refractivity contribution in [3.8, 4) is 11.1 Å². The maximum Gasteiger partial charge on any atom is 0.270 e. The van der Waals surface area contributed by atoms with E-state index in [0.29, 0.717) is 22.5 Å². The summed E-state index contributed by atoms with van der Waals surface area (Å²) in [7, 11) is 0. The van der Waals surface area contributed by atoms with Crippen LogP contribution in [0.1, 0.15) is 11.1 Å². The third kappa shape index (κ3) is 5.25. The van der Waals surface area contributed by atoms with Gasteiger partial charge >= 0.3 is 0 Å². The van der Waals surface area contributed by atoms with Crippen LogP contribution in [0.4, 0.5) is 22.7 Å². The van der Waals surface area contributed by atoms with Crippen molar-refractivity contribution in [2.45, 2.75) is 0 Å².